The van der Waals surface area contributed by atoms with Crippen LogP contribution in [-0.2, 0) is 4.79 Å². The summed E-state index contributed by atoms with van der Waals surface area (Å²) in [6.07, 6.45) is 0. The predicted octanol–water partition coefficient (Wildman–Crippen LogP) is 4.25. The molecule has 4 rings (SSSR count). The highest BCUT2D eigenvalue weighted by atomic mass is 16.5. The average Bonchev–Trinajstić information content (AvgIpc) is 3.11. The molecule has 1 heterocycles. The van der Waals surface area contributed by atoms with Crippen molar-refractivity contribution in [3.63, 3.8) is 0 Å². The van der Waals surface area contributed by atoms with Crippen molar-refractivity contribution >= 4 is 33.5 Å². The van der Waals surface area contributed by atoms with E-state index in [1.165, 1.54) is 5.56 Å². The summed E-state index contributed by atoms with van der Waals surface area (Å²) in [6.45, 7) is 4.00. The van der Waals surface area contributed by atoms with Crippen LogP contribution in [0.3, 0.4) is 0 Å². The number of nitrogens with one attached hydrogen (secondary N) is 1. The lowest BCUT2D eigenvalue weighted by atomic mass is 10.1. The van der Waals surface area contributed by atoms with Gasteiger partial charge in [0.2, 0.25) is 0 Å². The second kappa shape index (κ2) is 7.97. The van der Waals surface area contributed by atoms with Gasteiger partial charge in [-0.25, -0.2) is 0 Å². The first-order chi connectivity index (χ1) is 14.1. The molecule has 0 fully saturated rings. The molecular weight excluding hydrogens is 364 g/mol. The maximum absolute atomic E-state index is 12.8. The molecule has 0 unspecified atom stereocenters. The standard InChI is InChI=1S/C24H24N2O3/c1-15(17-9-5-4-6-10-17)25-16(2)24(27)26-20-14-22-19(13-23(20)28-3)18-11-7-8-12-21(18)29-22/h4-16,25H,1-3H3,(H,26,27)/p+1/t15-,16-/m1/s1. The number of hydrogen-bond acceptors (Lipinski definition) is 3. The van der Waals surface area contributed by atoms with Gasteiger partial charge in [-0.1, -0.05) is 48.5 Å². The number of ether oxygens (including phenoxy) is 1. The zero-order valence-electron chi connectivity index (χ0n) is 16.8. The number of para-hydroxylation sites is 1. The molecule has 0 aliphatic rings. The Balaban J connectivity index is 1.56. The van der Waals surface area contributed by atoms with Crippen LogP contribution < -0.4 is 15.4 Å². The number of benzene rings is 3. The van der Waals surface area contributed by atoms with Gasteiger partial charge in [-0.05, 0) is 26.0 Å². The molecule has 0 saturated heterocycles. The quantitative estimate of drug-likeness (QED) is 0.518. The summed E-state index contributed by atoms with van der Waals surface area (Å²) in [4.78, 5) is 12.8. The molecule has 148 valence electrons. The smallest absolute Gasteiger partial charge is 0.282 e. The zero-order chi connectivity index (χ0) is 20.4. The molecule has 2 atom stereocenters. The summed E-state index contributed by atoms with van der Waals surface area (Å²) < 4.78 is 11.5. The molecule has 0 aliphatic heterocycles. The minimum Gasteiger partial charge on any atom is -0.495 e. The van der Waals surface area contributed by atoms with Crippen LogP contribution in [0.15, 0.2) is 71.1 Å². The van der Waals surface area contributed by atoms with E-state index in [1.807, 2.05) is 61.5 Å². The lowest BCUT2D eigenvalue weighted by Crippen LogP contribution is -2.91. The van der Waals surface area contributed by atoms with E-state index in [-0.39, 0.29) is 18.0 Å². The number of fused-ring (bicyclic) bond motifs is 3. The van der Waals surface area contributed by atoms with E-state index in [9.17, 15) is 4.79 Å². The van der Waals surface area contributed by atoms with Crippen LogP contribution in [0.2, 0.25) is 0 Å². The maximum Gasteiger partial charge on any atom is 0.282 e. The van der Waals surface area contributed by atoms with E-state index in [1.54, 1.807) is 7.11 Å². The first-order valence-corrected chi connectivity index (χ1v) is 9.77. The lowest BCUT2D eigenvalue weighted by molar-refractivity contribution is -0.709. The molecular formula is C24H25N2O3+. The molecule has 5 nitrogen and oxygen atoms in total. The Kier molecular flexibility index (Phi) is 5.23. The van der Waals surface area contributed by atoms with Crippen molar-refractivity contribution in [2.24, 2.45) is 0 Å². The summed E-state index contributed by atoms with van der Waals surface area (Å²) in [6, 6.07) is 21.7. The molecule has 4 aromatic rings. The highest BCUT2D eigenvalue weighted by Gasteiger charge is 2.22. The summed E-state index contributed by atoms with van der Waals surface area (Å²) >= 11 is 0. The number of rotatable bonds is 6. The highest BCUT2D eigenvalue weighted by molar-refractivity contribution is 6.08. The molecule has 1 amide bonds. The van der Waals surface area contributed by atoms with Crippen LogP contribution in [0.1, 0.15) is 25.5 Å². The number of carbonyl (C=O) groups excluding carboxylic acids is 1. The van der Waals surface area contributed by atoms with Crippen molar-refractivity contribution < 1.29 is 19.3 Å². The SMILES string of the molecule is COc1cc2c(cc1NC(=O)[C@@H](C)[NH2+][C@H](C)c1ccccc1)oc1ccccc12. The molecule has 0 aliphatic carbocycles. The summed E-state index contributed by atoms with van der Waals surface area (Å²) in [7, 11) is 1.60. The predicted molar refractivity (Wildman–Crippen MR) is 115 cm³/mol. The van der Waals surface area contributed by atoms with Crippen molar-refractivity contribution in [1.29, 1.82) is 0 Å². The van der Waals surface area contributed by atoms with E-state index in [0.717, 1.165) is 21.9 Å². The van der Waals surface area contributed by atoms with Crippen LogP contribution in [-0.4, -0.2) is 19.1 Å². The van der Waals surface area contributed by atoms with Crippen LogP contribution >= 0.6 is 0 Å². The van der Waals surface area contributed by atoms with Crippen LogP contribution in [0.4, 0.5) is 5.69 Å². The number of amides is 1. The molecule has 5 heteroatoms. The molecule has 0 spiro atoms. The van der Waals surface area contributed by atoms with Crippen molar-refractivity contribution in [2.45, 2.75) is 25.9 Å². The largest absolute Gasteiger partial charge is 0.495 e. The monoisotopic (exact) mass is 389 g/mol. The van der Waals surface area contributed by atoms with Gasteiger partial charge in [-0.3, -0.25) is 4.79 Å². The van der Waals surface area contributed by atoms with Crippen LogP contribution in [0.5, 0.6) is 5.75 Å². The topological polar surface area (TPSA) is 68.1 Å². The van der Waals surface area contributed by atoms with Gasteiger partial charge in [-0.15, -0.1) is 0 Å². The Morgan fingerprint density at radius 3 is 2.45 bits per heavy atom. The second-order valence-electron chi connectivity index (χ2n) is 7.32. The van der Waals surface area contributed by atoms with E-state index >= 15 is 0 Å². The van der Waals surface area contributed by atoms with E-state index in [0.29, 0.717) is 11.4 Å². The number of methoxy groups -OCH3 is 1. The van der Waals surface area contributed by atoms with E-state index in [2.05, 4.69) is 29.7 Å². The summed E-state index contributed by atoms with van der Waals surface area (Å²) in [5.74, 6) is 0.530. The van der Waals surface area contributed by atoms with Crippen LogP contribution in [0.25, 0.3) is 21.9 Å². The van der Waals surface area contributed by atoms with Crippen LogP contribution in [0, 0.1) is 0 Å². The molecule has 3 aromatic carbocycles. The minimum atomic E-state index is -0.263. The maximum atomic E-state index is 12.8. The Morgan fingerprint density at radius 2 is 1.69 bits per heavy atom. The van der Waals surface area contributed by atoms with Gasteiger partial charge in [0.05, 0.1) is 12.8 Å². The molecule has 29 heavy (non-hydrogen) atoms. The average molecular weight is 389 g/mol. The summed E-state index contributed by atoms with van der Waals surface area (Å²) in [5.41, 5.74) is 3.33. The van der Waals surface area contributed by atoms with Gasteiger partial charge in [0.1, 0.15) is 23.0 Å². The van der Waals surface area contributed by atoms with Gasteiger partial charge >= 0.3 is 0 Å². The fraction of sp³-hybridized carbons (Fsp3) is 0.208. The lowest BCUT2D eigenvalue weighted by Gasteiger charge is -2.17. The Hall–Kier alpha value is -3.31. The molecule has 0 saturated carbocycles. The molecule has 0 radical (unpaired) electrons. The third-order valence-corrected chi connectivity index (χ3v) is 5.27. The van der Waals surface area contributed by atoms with Gasteiger partial charge in [0, 0.05) is 22.4 Å². The van der Waals surface area contributed by atoms with Crippen molar-refractivity contribution in [1.82, 2.24) is 0 Å². The number of anilines is 1. The van der Waals surface area contributed by atoms with Crippen molar-refractivity contribution in [2.75, 3.05) is 12.4 Å². The number of quaternary nitrogens is 1. The number of nitrogens with two attached hydrogens (primary N) is 1. The zero-order valence-corrected chi connectivity index (χ0v) is 16.8. The Morgan fingerprint density at radius 1 is 0.966 bits per heavy atom. The number of hydrogen-bond donors (Lipinski definition) is 2. The Labute approximate surface area is 169 Å². The minimum absolute atomic E-state index is 0.0819. The van der Waals surface area contributed by atoms with Gasteiger partial charge in [0.15, 0.2) is 6.04 Å². The van der Waals surface area contributed by atoms with E-state index in [4.69, 9.17) is 9.15 Å². The van der Waals surface area contributed by atoms with Gasteiger partial charge < -0.3 is 19.8 Å². The first kappa shape index (κ1) is 19.0. The van der Waals surface area contributed by atoms with E-state index < -0.39 is 0 Å². The Bertz CT molecular complexity index is 1150. The number of carbonyl (C=O) groups is 1. The third kappa shape index (κ3) is 3.82. The highest BCUT2D eigenvalue weighted by Crippen LogP contribution is 2.36. The van der Waals surface area contributed by atoms with Gasteiger partial charge in [0.25, 0.3) is 5.91 Å². The fourth-order valence-electron chi connectivity index (χ4n) is 3.65. The van der Waals surface area contributed by atoms with Crippen molar-refractivity contribution in [3.8, 4) is 5.75 Å². The third-order valence-electron chi connectivity index (χ3n) is 5.27. The van der Waals surface area contributed by atoms with Gasteiger partial charge in [-0.2, -0.15) is 0 Å². The summed E-state index contributed by atoms with van der Waals surface area (Å²) in [5, 5.41) is 7.04. The molecule has 3 N–H and O–H groups in total. The molecule has 1 aromatic heterocycles. The number of furan rings is 1. The molecule has 0 bridgehead atoms. The second-order valence-corrected chi connectivity index (χ2v) is 7.32. The first-order valence-electron chi connectivity index (χ1n) is 9.77. The normalized spacial score (nSPS) is 13.3. The van der Waals surface area contributed by atoms with Crippen molar-refractivity contribution in [3.05, 3.63) is 72.3 Å². The fourth-order valence-corrected chi connectivity index (χ4v) is 3.65.